The van der Waals surface area contributed by atoms with Gasteiger partial charge >= 0.3 is 0 Å². The fourth-order valence-electron chi connectivity index (χ4n) is 2.97. The summed E-state index contributed by atoms with van der Waals surface area (Å²) in [6.45, 7) is 2.30. The lowest BCUT2D eigenvalue weighted by Gasteiger charge is -2.33. The molecule has 0 N–H and O–H groups in total. The Bertz CT molecular complexity index is 743. The summed E-state index contributed by atoms with van der Waals surface area (Å²) < 4.78 is 1.86. The molecule has 4 rings (SSSR count). The number of fused-ring (bicyclic) bond motifs is 1. The van der Waals surface area contributed by atoms with Gasteiger partial charge in [-0.15, -0.1) is 0 Å². The highest BCUT2D eigenvalue weighted by molar-refractivity contribution is 5.62. The summed E-state index contributed by atoms with van der Waals surface area (Å²) >= 11 is 0. The molecule has 0 bridgehead atoms. The van der Waals surface area contributed by atoms with Crippen LogP contribution < -0.4 is 0 Å². The van der Waals surface area contributed by atoms with E-state index >= 15 is 0 Å². The lowest BCUT2D eigenvalue weighted by atomic mass is 9.72. The molecule has 1 aliphatic carbocycles. The molecule has 0 aliphatic heterocycles. The average Bonchev–Trinajstić information content (AvgIpc) is 2.92. The summed E-state index contributed by atoms with van der Waals surface area (Å²) in [5.41, 5.74) is 4.12. The smallest absolute Gasteiger partial charge is 0.156 e. The monoisotopic (exact) mass is 265 g/mol. The van der Waals surface area contributed by atoms with E-state index in [2.05, 4.69) is 33.0 Å². The molecule has 0 aromatic carbocycles. The molecule has 3 aromatic heterocycles. The molecule has 1 saturated carbocycles. The van der Waals surface area contributed by atoms with Gasteiger partial charge in [-0.2, -0.15) is 5.10 Å². The van der Waals surface area contributed by atoms with Crippen LogP contribution in [0.3, 0.4) is 0 Å². The Balaban J connectivity index is 1.87. The minimum absolute atomic E-state index is 0.598. The van der Waals surface area contributed by atoms with Crippen LogP contribution in [0.4, 0.5) is 0 Å². The van der Waals surface area contributed by atoms with Crippen LogP contribution >= 0.6 is 0 Å². The van der Waals surface area contributed by atoms with Gasteiger partial charge in [0.15, 0.2) is 5.65 Å². The quantitative estimate of drug-likeness (QED) is 0.715. The lowest BCUT2D eigenvalue weighted by molar-refractivity contribution is 0.289. The van der Waals surface area contributed by atoms with E-state index in [9.17, 15) is 0 Å². The first kappa shape index (κ1) is 11.5. The van der Waals surface area contributed by atoms with E-state index in [1.54, 1.807) is 18.6 Å². The van der Waals surface area contributed by atoms with E-state index in [1.807, 2.05) is 10.7 Å². The summed E-state index contributed by atoms with van der Waals surface area (Å²) in [4.78, 5) is 12.6. The van der Waals surface area contributed by atoms with Crippen molar-refractivity contribution in [3.8, 4) is 11.3 Å². The van der Waals surface area contributed by atoms with Crippen LogP contribution in [-0.2, 0) is 0 Å². The normalized spacial score (nSPS) is 21.9. The summed E-state index contributed by atoms with van der Waals surface area (Å²) in [5.74, 6) is 1.41. The van der Waals surface area contributed by atoms with Crippen molar-refractivity contribution in [2.45, 2.75) is 25.7 Å². The van der Waals surface area contributed by atoms with Gasteiger partial charge in [-0.1, -0.05) is 6.92 Å². The van der Waals surface area contributed by atoms with Gasteiger partial charge in [-0.25, -0.2) is 19.5 Å². The van der Waals surface area contributed by atoms with Gasteiger partial charge in [0.25, 0.3) is 0 Å². The lowest BCUT2D eigenvalue weighted by Crippen LogP contribution is -2.20. The third-order valence-corrected chi connectivity index (χ3v) is 4.06. The van der Waals surface area contributed by atoms with E-state index < -0.39 is 0 Å². The van der Waals surface area contributed by atoms with Crippen molar-refractivity contribution < 1.29 is 0 Å². The van der Waals surface area contributed by atoms with Gasteiger partial charge in [-0.05, 0) is 30.7 Å². The van der Waals surface area contributed by atoms with E-state index in [1.165, 1.54) is 24.7 Å². The van der Waals surface area contributed by atoms with Gasteiger partial charge in [0.1, 0.15) is 6.33 Å². The maximum Gasteiger partial charge on any atom is 0.156 e. The van der Waals surface area contributed by atoms with Crippen molar-refractivity contribution in [1.82, 2.24) is 24.6 Å². The molecule has 1 fully saturated rings. The molecule has 0 unspecified atom stereocenters. The number of hydrogen-bond acceptors (Lipinski definition) is 4. The molecular formula is C15H15N5. The Kier molecular flexibility index (Phi) is 2.52. The first-order valence-corrected chi connectivity index (χ1v) is 6.91. The Hall–Kier alpha value is -2.30. The largest absolute Gasteiger partial charge is 0.244 e. The Morgan fingerprint density at radius 3 is 2.75 bits per heavy atom. The minimum Gasteiger partial charge on any atom is -0.244 e. The topological polar surface area (TPSA) is 56.0 Å². The fourth-order valence-corrected chi connectivity index (χ4v) is 2.97. The second-order valence-corrected chi connectivity index (χ2v) is 5.58. The van der Waals surface area contributed by atoms with Crippen molar-refractivity contribution in [2.75, 3.05) is 0 Å². The van der Waals surface area contributed by atoms with Crippen LogP contribution in [0.25, 0.3) is 16.9 Å². The van der Waals surface area contributed by atoms with Crippen LogP contribution in [0.15, 0.2) is 37.2 Å². The number of aromatic nitrogens is 5. The van der Waals surface area contributed by atoms with Crippen molar-refractivity contribution in [1.29, 1.82) is 0 Å². The highest BCUT2D eigenvalue weighted by Crippen LogP contribution is 2.42. The molecule has 20 heavy (non-hydrogen) atoms. The van der Waals surface area contributed by atoms with E-state index in [0.29, 0.717) is 5.92 Å². The molecule has 1 aliphatic rings. The maximum absolute atomic E-state index is 4.60. The summed E-state index contributed by atoms with van der Waals surface area (Å²) in [6, 6.07) is 2.15. The molecule has 0 spiro atoms. The van der Waals surface area contributed by atoms with Crippen molar-refractivity contribution >= 4 is 5.65 Å². The van der Waals surface area contributed by atoms with Crippen LogP contribution in [0.1, 0.15) is 31.2 Å². The van der Waals surface area contributed by atoms with Crippen LogP contribution in [0.5, 0.6) is 0 Å². The van der Waals surface area contributed by atoms with Gasteiger partial charge in [0.05, 0.1) is 5.69 Å². The number of nitrogens with zero attached hydrogens (tertiary/aromatic N) is 5. The zero-order valence-electron chi connectivity index (χ0n) is 11.3. The van der Waals surface area contributed by atoms with Gasteiger partial charge < -0.3 is 0 Å². The minimum atomic E-state index is 0.598. The second-order valence-electron chi connectivity index (χ2n) is 5.58. The van der Waals surface area contributed by atoms with Gasteiger partial charge in [-0.3, -0.25) is 0 Å². The molecule has 0 amide bonds. The molecule has 5 nitrogen and oxygen atoms in total. The molecule has 3 heterocycles. The SMILES string of the molecule is CC1CC(c2cc(-c3cncnc3)nn3ccnc23)C1. The highest BCUT2D eigenvalue weighted by atomic mass is 15.2. The van der Waals surface area contributed by atoms with Crippen LogP contribution in [0.2, 0.25) is 0 Å². The molecule has 3 aromatic rings. The third kappa shape index (κ3) is 1.78. The first-order valence-electron chi connectivity index (χ1n) is 6.91. The van der Waals surface area contributed by atoms with Gasteiger partial charge in [0.2, 0.25) is 0 Å². The number of imidazole rings is 1. The van der Waals surface area contributed by atoms with Crippen molar-refractivity contribution in [2.24, 2.45) is 5.92 Å². The predicted molar refractivity (Wildman–Crippen MR) is 75.2 cm³/mol. The fraction of sp³-hybridized carbons (Fsp3) is 0.333. The van der Waals surface area contributed by atoms with E-state index in [4.69, 9.17) is 0 Å². The van der Waals surface area contributed by atoms with Crippen molar-refractivity contribution in [3.05, 3.63) is 42.7 Å². The molecule has 0 saturated heterocycles. The standard InChI is InChI=1S/C15H15N5/c1-10-4-11(5-10)13-6-14(12-7-16-9-17-8-12)19-20-3-2-18-15(13)20/h2-3,6-11H,4-5H2,1H3. The number of rotatable bonds is 2. The molecular weight excluding hydrogens is 250 g/mol. The second kappa shape index (κ2) is 4.37. The predicted octanol–water partition coefficient (Wildman–Crippen LogP) is 2.70. The maximum atomic E-state index is 4.60. The summed E-state index contributed by atoms with van der Waals surface area (Å²) in [7, 11) is 0. The Labute approximate surface area is 116 Å². The average molecular weight is 265 g/mol. The molecule has 0 atom stereocenters. The zero-order chi connectivity index (χ0) is 13.5. The van der Waals surface area contributed by atoms with E-state index in [-0.39, 0.29) is 0 Å². The third-order valence-electron chi connectivity index (χ3n) is 4.06. The zero-order valence-corrected chi connectivity index (χ0v) is 11.3. The first-order chi connectivity index (χ1) is 9.81. The molecule has 5 heteroatoms. The summed E-state index contributed by atoms with van der Waals surface area (Å²) in [6.07, 6.45) is 11.3. The number of hydrogen-bond donors (Lipinski definition) is 0. The van der Waals surface area contributed by atoms with E-state index in [0.717, 1.165) is 22.8 Å². The van der Waals surface area contributed by atoms with Crippen molar-refractivity contribution in [3.63, 3.8) is 0 Å². The molecule has 100 valence electrons. The van der Waals surface area contributed by atoms with Crippen LogP contribution in [0, 0.1) is 5.92 Å². The summed E-state index contributed by atoms with van der Waals surface area (Å²) in [5, 5.41) is 4.60. The van der Waals surface area contributed by atoms with Crippen LogP contribution in [-0.4, -0.2) is 24.6 Å². The highest BCUT2D eigenvalue weighted by Gasteiger charge is 2.29. The Morgan fingerprint density at radius 2 is 2.00 bits per heavy atom. The Morgan fingerprint density at radius 1 is 1.20 bits per heavy atom. The molecule has 0 radical (unpaired) electrons. The van der Waals surface area contributed by atoms with Gasteiger partial charge in [0, 0.05) is 35.9 Å².